The van der Waals surface area contributed by atoms with Crippen molar-refractivity contribution in [2.24, 2.45) is 0 Å². The summed E-state index contributed by atoms with van der Waals surface area (Å²) in [5.74, 6) is 1.53. The molecule has 2 N–H and O–H groups in total. The highest BCUT2D eigenvalue weighted by Crippen LogP contribution is 2.34. The standard InChI is InChI=1S/C22H31N3O4/c1-28-16-9-10-17(19(14-16)29-2)18-8-7-13-24(18)15-25-20(26)22(23-21(25)27)11-5-3-4-6-12-22/h9-10,14,18H,3-8,11-13,15H2,1-2H3,(H,23,27)/p+1/t18-/m1/s1. The van der Waals surface area contributed by atoms with Gasteiger partial charge >= 0.3 is 6.03 Å². The third-order valence-electron chi connectivity index (χ3n) is 6.86. The van der Waals surface area contributed by atoms with Crippen LogP contribution in [0.5, 0.6) is 11.5 Å². The van der Waals surface area contributed by atoms with Crippen LogP contribution in [0.1, 0.15) is 63.0 Å². The normalized spacial score (nSPS) is 26.5. The van der Waals surface area contributed by atoms with Crippen LogP contribution in [0.2, 0.25) is 0 Å². The minimum Gasteiger partial charge on any atom is -0.497 e. The van der Waals surface area contributed by atoms with E-state index in [0.29, 0.717) is 6.67 Å². The number of benzene rings is 1. The molecular weight excluding hydrogens is 370 g/mol. The summed E-state index contributed by atoms with van der Waals surface area (Å²) in [6.45, 7) is 1.34. The number of ether oxygens (including phenoxy) is 2. The molecule has 29 heavy (non-hydrogen) atoms. The summed E-state index contributed by atoms with van der Waals surface area (Å²) in [5, 5.41) is 3.06. The molecule has 3 amide bonds. The maximum Gasteiger partial charge on any atom is 0.329 e. The second-order valence-electron chi connectivity index (χ2n) is 8.53. The number of urea groups is 1. The van der Waals surface area contributed by atoms with E-state index in [-0.39, 0.29) is 18.0 Å². The van der Waals surface area contributed by atoms with Gasteiger partial charge in [-0.1, -0.05) is 25.7 Å². The fourth-order valence-electron chi connectivity index (χ4n) is 5.28. The van der Waals surface area contributed by atoms with E-state index in [1.165, 1.54) is 9.80 Å². The minimum atomic E-state index is -0.667. The molecule has 1 saturated carbocycles. The first-order chi connectivity index (χ1) is 14.1. The lowest BCUT2D eigenvalue weighted by Gasteiger charge is -2.28. The number of quaternary nitrogens is 1. The fraction of sp³-hybridized carbons (Fsp3) is 0.636. The number of nitrogens with one attached hydrogen (secondary N) is 2. The maximum atomic E-state index is 13.3. The molecule has 3 fully saturated rings. The van der Waals surface area contributed by atoms with Gasteiger partial charge in [0.2, 0.25) is 0 Å². The van der Waals surface area contributed by atoms with Crippen molar-refractivity contribution in [1.82, 2.24) is 10.2 Å². The Kier molecular flexibility index (Phi) is 5.67. The molecule has 1 aliphatic carbocycles. The topological polar surface area (TPSA) is 72.3 Å². The summed E-state index contributed by atoms with van der Waals surface area (Å²) < 4.78 is 10.9. The van der Waals surface area contributed by atoms with E-state index in [2.05, 4.69) is 5.32 Å². The molecule has 1 unspecified atom stereocenters. The van der Waals surface area contributed by atoms with E-state index in [1.54, 1.807) is 14.2 Å². The molecule has 1 aromatic carbocycles. The van der Waals surface area contributed by atoms with Crippen molar-refractivity contribution in [3.05, 3.63) is 23.8 Å². The van der Waals surface area contributed by atoms with Crippen molar-refractivity contribution in [1.29, 1.82) is 0 Å². The van der Waals surface area contributed by atoms with Gasteiger partial charge in [-0.2, -0.15) is 0 Å². The molecule has 7 nitrogen and oxygen atoms in total. The van der Waals surface area contributed by atoms with E-state index in [0.717, 1.165) is 75.0 Å². The van der Waals surface area contributed by atoms with Crippen LogP contribution in [0.3, 0.4) is 0 Å². The largest absolute Gasteiger partial charge is 0.497 e. The minimum absolute atomic E-state index is 0.0238. The number of carbonyl (C=O) groups is 2. The third kappa shape index (κ3) is 3.68. The van der Waals surface area contributed by atoms with E-state index in [4.69, 9.17) is 9.47 Å². The second-order valence-corrected chi connectivity index (χ2v) is 8.53. The number of rotatable bonds is 5. The summed E-state index contributed by atoms with van der Waals surface area (Å²) >= 11 is 0. The molecular formula is C22H32N3O4+. The Morgan fingerprint density at radius 3 is 2.55 bits per heavy atom. The molecule has 0 bridgehead atoms. The van der Waals surface area contributed by atoms with Crippen LogP contribution in [0, 0.1) is 0 Å². The molecule has 2 saturated heterocycles. The Labute approximate surface area is 172 Å². The van der Waals surface area contributed by atoms with Gasteiger partial charge in [0.1, 0.15) is 23.1 Å². The van der Waals surface area contributed by atoms with E-state index in [9.17, 15) is 9.59 Å². The smallest absolute Gasteiger partial charge is 0.329 e. The van der Waals surface area contributed by atoms with E-state index in [1.807, 2.05) is 18.2 Å². The Hall–Kier alpha value is -2.28. The van der Waals surface area contributed by atoms with Gasteiger partial charge in [0.05, 0.1) is 26.3 Å². The van der Waals surface area contributed by atoms with Crippen LogP contribution in [0.25, 0.3) is 0 Å². The highest BCUT2D eigenvalue weighted by molar-refractivity contribution is 6.06. The van der Waals surface area contributed by atoms with Gasteiger partial charge < -0.3 is 19.7 Å². The zero-order valence-corrected chi connectivity index (χ0v) is 17.5. The summed E-state index contributed by atoms with van der Waals surface area (Å²) in [7, 11) is 3.31. The Balaban J connectivity index is 1.53. The van der Waals surface area contributed by atoms with Gasteiger partial charge in [0, 0.05) is 18.9 Å². The summed E-state index contributed by atoms with van der Waals surface area (Å²) in [6.07, 6.45) is 7.88. The van der Waals surface area contributed by atoms with Crippen LogP contribution < -0.4 is 19.7 Å². The predicted octanol–water partition coefficient (Wildman–Crippen LogP) is 2.03. The predicted molar refractivity (Wildman–Crippen MR) is 108 cm³/mol. The number of likely N-dealkylation sites (tertiary alicyclic amines) is 1. The second kappa shape index (κ2) is 8.22. The molecule has 7 heteroatoms. The SMILES string of the molecule is COc1ccc([C@H]2CCC[NH+]2CN2C(=O)NC3(CCCCCC3)C2=O)c(OC)c1. The molecule has 0 radical (unpaired) electrons. The highest BCUT2D eigenvalue weighted by Gasteiger charge is 2.52. The van der Waals surface area contributed by atoms with Gasteiger partial charge in [0.15, 0.2) is 6.67 Å². The zero-order chi connectivity index (χ0) is 20.4. The molecule has 1 aromatic rings. The number of carbonyl (C=O) groups excluding carboxylic acids is 2. The van der Waals surface area contributed by atoms with Gasteiger partial charge in [-0.25, -0.2) is 9.69 Å². The molecule has 1 spiro atoms. The van der Waals surface area contributed by atoms with E-state index >= 15 is 0 Å². The quantitative estimate of drug-likeness (QED) is 0.740. The first-order valence-electron chi connectivity index (χ1n) is 10.8. The summed E-state index contributed by atoms with van der Waals surface area (Å²) in [6, 6.07) is 5.87. The summed E-state index contributed by atoms with van der Waals surface area (Å²) in [4.78, 5) is 28.7. The molecule has 158 valence electrons. The number of nitrogens with zero attached hydrogens (tertiary/aromatic N) is 1. The average molecular weight is 403 g/mol. The number of hydrogen-bond acceptors (Lipinski definition) is 4. The van der Waals surface area contributed by atoms with Crippen molar-refractivity contribution in [3.63, 3.8) is 0 Å². The van der Waals surface area contributed by atoms with Crippen molar-refractivity contribution >= 4 is 11.9 Å². The van der Waals surface area contributed by atoms with Gasteiger partial charge in [-0.05, 0) is 25.0 Å². The molecule has 4 rings (SSSR count). The van der Waals surface area contributed by atoms with Gasteiger partial charge in [-0.3, -0.25) is 4.79 Å². The molecule has 2 heterocycles. The van der Waals surface area contributed by atoms with Gasteiger partial charge in [0.25, 0.3) is 5.91 Å². The first-order valence-corrected chi connectivity index (χ1v) is 10.8. The van der Waals surface area contributed by atoms with Crippen LogP contribution in [-0.2, 0) is 4.79 Å². The average Bonchev–Trinajstić information content (AvgIpc) is 3.18. The van der Waals surface area contributed by atoms with Crippen LogP contribution in [0.15, 0.2) is 18.2 Å². The van der Waals surface area contributed by atoms with Crippen LogP contribution >= 0.6 is 0 Å². The van der Waals surface area contributed by atoms with Crippen molar-refractivity contribution in [2.75, 3.05) is 27.4 Å². The molecule has 2 atom stereocenters. The lowest BCUT2D eigenvalue weighted by atomic mass is 9.90. The van der Waals surface area contributed by atoms with E-state index < -0.39 is 5.54 Å². The third-order valence-corrected chi connectivity index (χ3v) is 6.86. The van der Waals surface area contributed by atoms with Crippen molar-refractivity contribution < 1.29 is 24.0 Å². The fourth-order valence-corrected chi connectivity index (χ4v) is 5.28. The number of methoxy groups -OCH3 is 2. The molecule has 3 aliphatic rings. The first kappa shape index (κ1) is 20.0. The van der Waals surface area contributed by atoms with Crippen LogP contribution in [0.4, 0.5) is 4.79 Å². The lowest BCUT2D eigenvalue weighted by Crippen LogP contribution is -3.12. The molecule has 2 aliphatic heterocycles. The zero-order valence-electron chi connectivity index (χ0n) is 17.5. The van der Waals surface area contributed by atoms with Crippen LogP contribution in [-0.4, -0.2) is 49.8 Å². The lowest BCUT2D eigenvalue weighted by molar-refractivity contribution is -0.925. The number of hydrogen-bond donors (Lipinski definition) is 2. The number of amides is 3. The Morgan fingerprint density at radius 1 is 1.10 bits per heavy atom. The van der Waals surface area contributed by atoms with Gasteiger partial charge in [-0.15, -0.1) is 0 Å². The highest BCUT2D eigenvalue weighted by atomic mass is 16.5. The van der Waals surface area contributed by atoms with Crippen molar-refractivity contribution in [3.8, 4) is 11.5 Å². The molecule has 0 aromatic heterocycles. The maximum absolute atomic E-state index is 13.3. The summed E-state index contributed by atoms with van der Waals surface area (Å²) in [5.41, 5.74) is 0.442. The monoisotopic (exact) mass is 402 g/mol. The number of imide groups is 1. The van der Waals surface area contributed by atoms with Crippen molar-refractivity contribution in [2.45, 2.75) is 62.9 Å². The Bertz CT molecular complexity index is 773. The Morgan fingerprint density at radius 2 is 1.86 bits per heavy atom.